The lowest BCUT2D eigenvalue weighted by molar-refractivity contribution is -0.940. The van der Waals surface area contributed by atoms with Gasteiger partial charge in [0.2, 0.25) is 0 Å². The molecular formula is C31H44IN6O5P. The minimum atomic E-state index is -4.30. The van der Waals surface area contributed by atoms with Gasteiger partial charge in [0.25, 0.3) is 5.91 Å². The summed E-state index contributed by atoms with van der Waals surface area (Å²) in [6, 6.07) is 6.64. The van der Waals surface area contributed by atoms with E-state index in [9.17, 15) is 14.3 Å². The molecule has 1 aliphatic heterocycles. The van der Waals surface area contributed by atoms with E-state index in [2.05, 4.69) is 67.2 Å². The number of carbonyl (C=O) groups excluding carboxylic acids is 1. The first-order valence-electron chi connectivity index (χ1n) is 14.8. The first-order valence-corrected chi connectivity index (χ1v) is 16.3. The van der Waals surface area contributed by atoms with Crippen LogP contribution in [0.25, 0.3) is 27.8 Å². The first-order chi connectivity index (χ1) is 20.1. The van der Waals surface area contributed by atoms with E-state index >= 15 is 0 Å². The molecule has 0 radical (unpaired) electrons. The third kappa shape index (κ3) is 7.21. The van der Waals surface area contributed by atoms with Crippen LogP contribution in [0.5, 0.6) is 0 Å². The van der Waals surface area contributed by atoms with E-state index in [1.807, 2.05) is 4.52 Å². The predicted molar refractivity (Wildman–Crippen MR) is 166 cm³/mol. The summed E-state index contributed by atoms with van der Waals surface area (Å²) in [7, 11) is -4.30. The number of nitrogens with one attached hydrogen (secondary N) is 1. The monoisotopic (exact) mass is 738 g/mol. The van der Waals surface area contributed by atoms with Gasteiger partial charge >= 0.3 is 7.82 Å². The van der Waals surface area contributed by atoms with Crippen molar-refractivity contribution in [2.45, 2.75) is 78.7 Å². The molecule has 1 aromatic carbocycles. The molecule has 13 heteroatoms. The number of rotatable bonds is 9. The Morgan fingerprint density at radius 2 is 1.91 bits per heavy atom. The van der Waals surface area contributed by atoms with E-state index in [0.29, 0.717) is 13.1 Å². The van der Waals surface area contributed by atoms with Crippen molar-refractivity contribution >= 4 is 30.3 Å². The number of aromatic nitrogens is 4. The highest BCUT2D eigenvalue weighted by atomic mass is 127. The van der Waals surface area contributed by atoms with Crippen LogP contribution in [0.15, 0.2) is 30.7 Å². The topological polar surface area (TPSA) is 145 Å². The molecule has 11 nitrogen and oxygen atoms in total. The zero-order valence-electron chi connectivity index (χ0n) is 26.6. The SMILES string of the molecule is Cc1c(-c2[nH]c3ccc(C4CC[N+](COP(=O)(O)OC(C)(C)C)(CC(N)=O)CC4)cc3c2C(C)C)cn2ncnc2c1C.[I-]. The molecule has 0 aliphatic carbocycles. The van der Waals surface area contributed by atoms with Crippen molar-refractivity contribution in [2.75, 3.05) is 26.4 Å². The van der Waals surface area contributed by atoms with Crippen LogP contribution in [0.3, 0.4) is 0 Å². The zero-order valence-corrected chi connectivity index (χ0v) is 29.6. The molecule has 44 heavy (non-hydrogen) atoms. The second-order valence-corrected chi connectivity index (χ2v) is 14.7. The summed E-state index contributed by atoms with van der Waals surface area (Å²) in [6.45, 7) is 14.8. The number of benzene rings is 1. The normalized spacial score (nSPS) is 20.6. The van der Waals surface area contributed by atoms with Crippen molar-refractivity contribution in [3.8, 4) is 11.3 Å². The molecule has 240 valence electrons. The second kappa shape index (κ2) is 12.8. The number of quaternary nitrogens is 1. The van der Waals surface area contributed by atoms with Crippen LogP contribution in [0.1, 0.15) is 81.5 Å². The molecule has 0 bridgehead atoms. The average Bonchev–Trinajstić information content (AvgIpc) is 3.53. The molecule has 5 rings (SSSR count). The van der Waals surface area contributed by atoms with Gasteiger partial charge in [0.15, 0.2) is 18.9 Å². The van der Waals surface area contributed by atoms with Gasteiger partial charge in [0, 0.05) is 35.5 Å². The molecule has 1 unspecified atom stereocenters. The van der Waals surface area contributed by atoms with Gasteiger partial charge in [-0.25, -0.2) is 18.6 Å². The Kier molecular flexibility index (Phi) is 10.0. The van der Waals surface area contributed by atoms with Crippen LogP contribution in [0, 0.1) is 13.8 Å². The number of amides is 1. The van der Waals surface area contributed by atoms with E-state index in [1.165, 1.54) is 22.1 Å². The smallest absolute Gasteiger partial charge is 0.477 e. The minimum Gasteiger partial charge on any atom is -1.00 e. The van der Waals surface area contributed by atoms with E-state index in [-0.39, 0.29) is 53.6 Å². The molecule has 0 spiro atoms. The number of hydrogen-bond donors (Lipinski definition) is 3. The van der Waals surface area contributed by atoms with E-state index in [1.54, 1.807) is 27.1 Å². The number of hydrogen-bond acceptors (Lipinski definition) is 6. The highest BCUT2D eigenvalue weighted by Gasteiger charge is 2.40. The average molecular weight is 739 g/mol. The van der Waals surface area contributed by atoms with Gasteiger partial charge in [0.1, 0.15) is 6.33 Å². The number of pyridine rings is 1. The molecular weight excluding hydrogens is 694 g/mol. The molecule has 1 amide bonds. The fourth-order valence-corrected chi connectivity index (χ4v) is 7.57. The number of primary amides is 1. The maximum atomic E-state index is 12.6. The number of aromatic amines is 1. The van der Waals surface area contributed by atoms with Crippen LogP contribution >= 0.6 is 7.82 Å². The molecule has 4 aromatic rings. The fraction of sp³-hybridized carbons (Fsp3) is 0.516. The summed E-state index contributed by atoms with van der Waals surface area (Å²) >= 11 is 0. The number of phosphoric ester groups is 1. The van der Waals surface area contributed by atoms with E-state index in [4.69, 9.17) is 14.8 Å². The lowest BCUT2D eigenvalue weighted by Crippen LogP contribution is -3.00. The summed E-state index contributed by atoms with van der Waals surface area (Å²) in [5.74, 6) is 0.0752. The number of phosphoric acid groups is 1. The highest BCUT2D eigenvalue weighted by Crippen LogP contribution is 2.48. The molecule has 1 aliphatic rings. The van der Waals surface area contributed by atoms with Crippen molar-refractivity contribution < 1.29 is 51.8 Å². The summed E-state index contributed by atoms with van der Waals surface area (Å²) in [5.41, 5.74) is 13.7. The number of aryl methyl sites for hydroxylation is 1. The number of likely N-dealkylation sites (tertiary alicyclic amines) is 1. The molecule has 4 heterocycles. The van der Waals surface area contributed by atoms with Crippen LogP contribution in [0.2, 0.25) is 0 Å². The fourth-order valence-electron chi connectivity index (χ4n) is 6.43. The van der Waals surface area contributed by atoms with Crippen molar-refractivity contribution in [1.82, 2.24) is 19.6 Å². The standard InChI is InChI=1S/C31H43N6O5P.HI/c1-19(2)28-24-14-23(8-9-26(24)35-29(28)25-15-36-30(33-17-34-36)21(4)20(25)3)22-10-12-37(13-11-22,16-27(32)38)18-41-43(39,40)42-31(5,6)7;/h8-9,14-15,17,19,22,35H,10-13,16,18H2,1-7H3,(H2-,32,38,39,40);1H. The Morgan fingerprint density at radius 3 is 2.52 bits per heavy atom. The molecule has 1 atom stereocenters. The van der Waals surface area contributed by atoms with E-state index < -0.39 is 19.3 Å². The number of nitrogens with two attached hydrogens (primary N) is 1. The molecule has 4 N–H and O–H groups in total. The Labute approximate surface area is 275 Å². The third-order valence-electron chi connectivity index (χ3n) is 8.59. The molecule has 1 saturated heterocycles. The summed E-state index contributed by atoms with van der Waals surface area (Å²) in [4.78, 5) is 30.4. The second-order valence-electron chi connectivity index (χ2n) is 13.3. The summed E-state index contributed by atoms with van der Waals surface area (Å²) in [5, 5.41) is 5.60. The van der Waals surface area contributed by atoms with Gasteiger partial charge in [-0.2, -0.15) is 5.10 Å². The Bertz CT molecular complexity index is 1720. The van der Waals surface area contributed by atoms with Gasteiger partial charge < -0.3 is 39.6 Å². The first kappa shape index (κ1) is 34.5. The number of H-pyrrole nitrogens is 1. The van der Waals surface area contributed by atoms with Gasteiger partial charge in [-0.05, 0) is 80.8 Å². The maximum absolute atomic E-state index is 12.6. The van der Waals surface area contributed by atoms with Crippen molar-refractivity contribution in [1.29, 1.82) is 0 Å². The number of fused-ring (bicyclic) bond motifs is 2. The number of halogens is 1. The maximum Gasteiger partial charge on any atom is 0.477 e. The largest absolute Gasteiger partial charge is 1.00 e. The Hall–Kier alpha value is -2.35. The molecule has 0 saturated carbocycles. The molecule has 3 aromatic heterocycles. The summed E-state index contributed by atoms with van der Waals surface area (Å²) in [6.07, 6.45) is 5.21. The van der Waals surface area contributed by atoms with Gasteiger partial charge in [-0.3, -0.25) is 13.8 Å². The van der Waals surface area contributed by atoms with Crippen LogP contribution in [-0.4, -0.2) is 66.8 Å². The zero-order chi connectivity index (χ0) is 31.3. The van der Waals surface area contributed by atoms with Gasteiger partial charge in [-0.15, -0.1) is 0 Å². The minimum absolute atomic E-state index is 0. The predicted octanol–water partition coefficient (Wildman–Crippen LogP) is 2.69. The lowest BCUT2D eigenvalue weighted by Gasteiger charge is -2.42. The number of carbonyl (C=O) groups is 1. The van der Waals surface area contributed by atoms with Gasteiger partial charge in [-0.1, -0.05) is 19.9 Å². The molecule has 1 fully saturated rings. The van der Waals surface area contributed by atoms with E-state index in [0.717, 1.165) is 40.8 Å². The third-order valence-corrected chi connectivity index (χ3v) is 9.81. The quantitative estimate of drug-likeness (QED) is 0.136. The highest BCUT2D eigenvalue weighted by molar-refractivity contribution is 7.47. The Morgan fingerprint density at radius 1 is 1.23 bits per heavy atom. The lowest BCUT2D eigenvalue weighted by atomic mass is 9.86. The van der Waals surface area contributed by atoms with Crippen LogP contribution in [-0.2, 0) is 18.4 Å². The van der Waals surface area contributed by atoms with Crippen molar-refractivity contribution in [3.05, 3.63) is 53.0 Å². The number of nitrogens with zero attached hydrogens (tertiary/aromatic N) is 4. The van der Waals surface area contributed by atoms with Gasteiger partial charge in [0.05, 0.1) is 24.4 Å². The van der Waals surface area contributed by atoms with Crippen molar-refractivity contribution in [2.24, 2.45) is 5.73 Å². The van der Waals surface area contributed by atoms with Crippen molar-refractivity contribution in [3.63, 3.8) is 0 Å². The van der Waals surface area contributed by atoms with Crippen LogP contribution in [0.4, 0.5) is 0 Å². The number of piperidine rings is 1. The van der Waals surface area contributed by atoms with Crippen LogP contribution < -0.4 is 29.7 Å². The summed E-state index contributed by atoms with van der Waals surface area (Å²) < 4.78 is 25.3. The Balaban J connectivity index is 0.00000442.